The number of carboxylic acids is 1. The number of fused-ring (bicyclic) bond motifs is 1. The molecule has 0 saturated heterocycles. The molecule has 0 aliphatic heterocycles. The predicted molar refractivity (Wildman–Crippen MR) is 78.8 cm³/mol. The third kappa shape index (κ3) is 2.65. The molecule has 0 radical (unpaired) electrons. The van der Waals surface area contributed by atoms with E-state index in [9.17, 15) is 17.6 Å². The summed E-state index contributed by atoms with van der Waals surface area (Å²) in [6.45, 7) is 0. The second-order valence-corrected chi connectivity index (χ2v) is 8.52. The number of hydrogen-bond donors (Lipinski definition) is 1. The molecule has 20 heavy (non-hydrogen) atoms. The van der Waals surface area contributed by atoms with E-state index in [0.29, 0.717) is 10.0 Å². The van der Waals surface area contributed by atoms with Crippen molar-refractivity contribution in [2.24, 2.45) is 0 Å². The normalized spacial score (nSPS) is 25.5. The molecule has 0 fully saturated rings. The van der Waals surface area contributed by atoms with Crippen molar-refractivity contribution >= 4 is 47.7 Å². The fourth-order valence-electron chi connectivity index (χ4n) is 2.50. The lowest BCUT2D eigenvalue weighted by Crippen LogP contribution is -2.15. The van der Waals surface area contributed by atoms with Gasteiger partial charge >= 0.3 is 5.97 Å². The van der Waals surface area contributed by atoms with Gasteiger partial charge in [0.15, 0.2) is 9.84 Å². The molecular formula is C12H11Br2FO4S. The average Bonchev–Trinajstić information content (AvgIpc) is 2.54. The van der Waals surface area contributed by atoms with E-state index in [-0.39, 0.29) is 10.5 Å². The molecule has 2 rings (SSSR count). The Hall–Kier alpha value is -0.470. The number of carbonyl (C=O) groups is 1. The zero-order valence-electron chi connectivity index (χ0n) is 10.3. The molecule has 110 valence electrons. The predicted octanol–water partition coefficient (Wildman–Crippen LogP) is 3.20. The molecule has 0 bridgehead atoms. The number of benzene rings is 1. The van der Waals surface area contributed by atoms with Crippen molar-refractivity contribution in [1.29, 1.82) is 0 Å². The first-order valence-corrected chi connectivity index (χ1v) is 9.27. The molecule has 1 N–H and O–H groups in total. The lowest BCUT2D eigenvalue weighted by Gasteiger charge is -2.15. The molecule has 1 aliphatic carbocycles. The topological polar surface area (TPSA) is 71.4 Å². The van der Waals surface area contributed by atoms with Crippen molar-refractivity contribution in [3.63, 3.8) is 0 Å². The largest absolute Gasteiger partial charge is 0.481 e. The summed E-state index contributed by atoms with van der Waals surface area (Å²) in [5.74, 6) is -2.14. The Labute approximate surface area is 132 Å². The number of rotatable bonds is 3. The maximum Gasteiger partial charge on any atom is 0.304 e. The van der Waals surface area contributed by atoms with Gasteiger partial charge in [-0.3, -0.25) is 4.79 Å². The summed E-state index contributed by atoms with van der Waals surface area (Å²) in [5, 5.41) is 8.92. The maximum atomic E-state index is 14.4. The quantitative estimate of drug-likeness (QED) is 0.749. The number of sulfone groups is 1. The third-order valence-corrected chi connectivity index (χ3v) is 6.11. The summed E-state index contributed by atoms with van der Waals surface area (Å²) in [5.41, 5.74) is 0.741. The summed E-state index contributed by atoms with van der Waals surface area (Å²) in [4.78, 5) is 10.2. The molecule has 1 aromatic rings. The first-order chi connectivity index (χ1) is 9.14. The van der Waals surface area contributed by atoms with Gasteiger partial charge in [-0.2, -0.15) is 0 Å². The van der Waals surface area contributed by atoms with Crippen molar-refractivity contribution in [3.8, 4) is 0 Å². The Morgan fingerprint density at radius 2 is 2.00 bits per heavy atom. The van der Waals surface area contributed by atoms with E-state index in [0.717, 1.165) is 6.26 Å². The smallest absolute Gasteiger partial charge is 0.304 e. The second kappa shape index (κ2) is 5.38. The maximum absolute atomic E-state index is 14.4. The van der Waals surface area contributed by atoms with Crippen molar-refractivity contribution < 1.29 is 22.7 Å². The van der Waals surface area contributed by atoms with Gasteiger partial charge in [0.1, 0.15) is 6.17 Å². The van der Waals surface area contributed by atoms with E-state index in [1.165, 1.54) is 6.07 Å². The molecule has 0 amide bonds. The van der Waals surface area contributed by atoms with Crippen molar-refractivity contribution in [2.75, 3.05) is 6.26 Å². The zero-order chi connectivity index (χ0) is 15.2. The highest BCUT2D eigenvalue weighted by atomic mass is 79.9. The molecule has 0 unspecified atom stereocenters. The lowest BCUT2D eigenvalue weighted by atomic mass is 9.97. The van der Waals surface area contributed by atoms with Gasteiger partial charge in [0.2, 0.25) is 0 Å². The standard InChI is InChI=1S/C12H11Br2FO4S/c1-20(18,19)7-3-2-6(13)10-9(7)5(4-8(16)17)12(15)11(10)14/h2-3,5,11-12H,4H2,1H3,(H,16,17)/t5-,11+,12-/m0/s1. The minimum atomic E-state index is -3.56. The van der Waals surface area contributed by atoms with Gasteiger partial charge in [-0.25, -0.2) is 12.8 Å². The Bertz CT molecular complexity index is 674. The van der Waals surface area contributed by atoms with Crippen LogP contribution >= 0.6 is 31.9 Å². The van der Waals surface area contributed by atoms with Crippen LogP contribution in [0.15, 0.2) is 21.5 Å². The molecular weight excluding hydrogens is 419 g/mol. The van der Waals surface area contributed by atoms with Gasteiger partial charge in [-0.15, -0.1) is 0 Å². The highest BCUT2D eigenvalue weighted by Crippen LogP contribution is 2.53. The molecule has 0 saturated carbocycles. The van der Waals surface area contributed by atoms with Gasteiger partial charge in [0.05, 0.1) is 16.1 Å². The van der Waals surface area contributed by atoms with Crippen LogP contribution in [0.2, 0.25) is 0 Å². The molecule has 0 aromatic heterocycles. The van der Waals surface area contributed by atoms with E-state index in [1.54, 1.807) is 6.07 Å². The first kappa shape index (κ1) is 15.9. The van der Waals surface area contributed by atoms with Crippen LogP contribution in [0.3, 0.4) is 0 Å². The van der Waals surface area contributed by atoms with Crippen LogP contribution in [0.25, 0.3) is 0 Å². The Kier molecular flexibility index (Phi) is 4.28. The van der Waals surface area contributed by atoms with Gasteiger partial charge < -0.3 is 5.11 Å². The number of alkyl halides is 2. The number of hydrogen-bond acceptors (Lipinski definition) is 3. The summed E-state index contributed by atoms with van der Waals surface area (Å²) in [6.07, 6.45) is -0.904. The van der Waals surface area contributed by atoms with E-state index in [2.05, 4.69) is 31.9 Å². The van der Waals surface area contributed by atoms with Crippen molar-refractivity contribution in [2.45, 2.75) is 28.2 Å². The molecule has 3 atom stereocenters. The van der Waals surface area contributed by atoms with E-state index >= 15 is 0 Å². The fourth-order valence-corrected chi connectivity index (χ4v) is 5.24. The highest BCUT2D eigenvalue weighted by molar-refractivity contribution is 9.11. The minimum Gasteiger partial charge on any atom is -0.481 e. The summed E-state index contributed by atoms with van der Waals surface area (Å²) in [7, 11) is -3.56. The molecule has 4 nitrogen and oxygen atoms in total. The Morgan fingerprint density at radius 1 is 1.40 bits per heavy atom. The van der Waals surface area contributed by atoms with Gasteiger partial charge in [0.25, 0.3) is 0 Å². The van der Waals surface area contributed by atoms with Crippen LogP contribution in [0.1, 0.15) is 28.3 Å². The van der Waals surface area contributed by atoms with Crippen molar-refractivity contribution in [3.05, 3.63) is 27.7 Å². The number of halogens is 3. The average molecular weight is 430 g/mol. The highest BCUT2D eigenvalue weighted by Gasteiger charge is 2.44. The molecule has 1 aromatic carbocycles. The second-order valence-electron chi connectivity index (χ2n) is 4.70. The minimum absolute atomic E-state index is 0.00782. The van der Waals surface area contributed by atoms with Gasteiger partial charge in [-0.05, 0) is 23.3 Å². The Balaban J connectivity index is 2.74. The number of carboxylic acid groups (broad SMARTS) is 1. The molecule has 0 spiro atoms. The van der Waals surface area contributed by atoms with Crippen LogP contribution in [0, 0.1) is 0 Å². The molecule has 8 heteroatoms. The van der Waals surface area contributed by atoms with Crippen LogP contribution in [-0.2, 0) is 14.6 Å². The van der Waals surface area contributed by atoms with Crippen LogP contribution in [0.5, 0.6) is 0 Å². The third-order valence-electron chi connectivity index (χ3n) is 3.30. The fraction of sp³-hybridized carbons (Fsp3) is 0.417. The molecule has 1 aliphatic rings. The van der Waals surface area contributed by atoms with E-state index in [4.69, 9.17) is 5.11 Å². The monoisotopic (exact) mass is 428 g/mol. The zero-order valence-corrected chi connectivity index (χ0v) is 14.3. The Morgan fingerprint density at radius 3 is 2.50 bits per heavy atom. The van der Waals surface area contributed by atoms with Gasteiger partial charge in [0, 0.05) is 16.6 Å². The SMILES string of the molecule is CS(=O)(=O)c1ccc(Br)c2c1[C@H](CC(=O)O)[C@H](F)[C@@H]2Br. The lowest BCUT2D eigenvalue weighted by molar-refractivity contribution is -0.137. The van der Waals surface area contributed by atoms with Crippen molar-refractivity contribution in [1.82, 2.24) is 0 Å². The van der Waals surface area contributed by atoms with E-state index in [1.807, 2.05) is 0 Å². The van der Waals surface area contributed by atoms with Gasteiger partial charge in [-0.1, -0.05) is 31.9 Å². The summed E-state index contributed by atoms with van der Waals surface area (Å²) >= 11 is 6.46. The molecule has 0 heterocycles. The van der Waals surface area contributed by atoms with Crippen LogP contribution in [0.4, 0.5) is 4.39 Å². The summed E-state index contributed by atoms with van der Waals surface area (Å²) in [6, 6.07) is 2.92. The number of aliphatic carboxylic acids is 1. The van der Waals surface area contributed by atoms with Crippen LogP contribution in [-0.4, -0.2) is 31.9 Å². The van der Waals surface area contributed by atoms with Crippen LogP contribution < -0.4 is 0 Å². The summed E-state index contributed by atoms with van der Waals surface area (Å²) < 4.78 is 38.6. The first-order valence-electron chi connectivity index (χ1n) is 5.67. The van der Waals surface area contributed by atoms with E-state index < -0.39 is 39.1 Å².